The topological polar surface area (TPSA) is 73.8 Å². The van der Waals surface area contributed by atoms with Crippen molar-refractivity contribution >= 4 is 5.69 Å². The minimum atomic E-state index is -0.425. The first kappa shape index (κ1) is 10.3. The molecule has 0 bridgehead atoms. The van der Waals surface area contributed by atoms with Crippen LogP contribution in [-0.2, 0) is 7.05 Å². The van der Waals surface area contributed by atoms with E-state index in [1.165, 1.54) is 12.1 Å². The van der Waals surface area contributed by atoms with Crippen LogP contribution in [0.1, 0.15) is 5.82 Å². The van der Waals surface area contributed by atoms with Crippen LogP contribution in [0.15, 0.2) is 24.3 Å². The van der Waals surface area contributed by atoms with Crippen LogP contribution in [-0.4, -0.2) is 19.7 Å². The van der Waals surface area contributed by atoms with E-state index < -0.39 is 4.92 Å². The zero-order valence-corrected chi connectivity index (χ0v) is 8.91. The molecule has 0 saturated heterocycles. The average Bonchev–Trinajstić information content (AvgIpc) is 2.60. The Hall–Kier alpha value is -2.24. The second-order valence-electron chi connectivity index (χ2n) is 3.43. The molecule has 0 saturated carbocycles. The molecule has 0 spiro atoms. The largest absolute Gasteiger partial charge is 0.314 e. The van der Waals surface area contributed by atoms with Gasteiger partial charge in [0.05, 0.1) is 4.92 Å². The molecule has 2 rings (SSSR count). The molecule has 1 heterocycles. The van der Waals surface area contributed by atoms with Gasteiger partial charge < -0.3 is 4.57 Å². The molecule has 0 N–H and O–H groups in total. The highest BCUT2D eigenvalue weighted by Crippen LogP contribution is 2.20. The van der Waals surface area contributed by atoms with Crippen molar-refractivity contribution in [2.24, 2.45) is 7.05 Å². The Morgan fingerprint density at radius 2 is 1.88 bits per heavy atom. The lowest BCUT2D eigenvalue weighted by molar-refractivity contribution is -0.384. The molecule has 16 heavy (non-hydrogen) atoms. The predicted molar refractivity (Wildman–Crippen MR) is 57.8 cm³/mol. The normalized spacial score (nSPS) is 10.4. The van der Waals surface area contributed by atoms with E-state index in [1.54, 1.807) is 12.1 Å². The van der Waals surface area contributed by atoms with Crippen LogP contribution in [0.2, 0.25) is 0 Å². The zero-order chi connectivity index (χ0) is 11.7. The van der Waals surface area contributed by atoms with Crippen LogP contribution in [0, 0.1) is 17.0 Å². The van der Waals surface area contributed by atoms with Crippen LogP contribution in [0.3, 0.4) is 0 Å². The van der Waals surface area contributed by atoms with Gasteiger partial charge >= 0.3 is 0 Å². The van der Waals surface area contributed by atoms with E-state index in [9.17, 15) is 10.1 Å². The maximum atomic E-state index is 10.5. The number of aryl methyl sites for hydroxylation is 1. The highest BCUT2D eigenvalue weighted by atomic mass is 16.6. The number of nitro benzene ring substituents is 1. The van der Waals surface area contributed by atoms with Gasteiger partial charge in [-0.05, 0) is 19.1 Å². The molecule has 1 aromatic carbocycles. The van der Waals surface area contributed by atoms with Crippen molar-refractivity contribution in [3.05, 3.63) is 40.2 Å². The smallest absolute Gasteiger partial charge is 0.269 e. The maximum Gasteiger partial charge on any atom is 0.269 e. The summed E-state index contributed by atoms with van der Waals surface area (Å²) in [5, 5.41) is 18.4. The molecule has 1 aromatic heterocycles. The van der Waals surface area contributed by atoms with Crippen LogP contribution >= 0.6 is 0 Å². The van der Waals surface area contributed by atoms with Crippen molar-refractivity contribution in [1.29, 1.82) is 0 Å². The van der Waals surface area contributed by atoms with E-state index >= 15 is 0 Å². The summed E-state index contributed by atoms with van der Waals surface area (Å²) in [5.74, 6) is 1.50. The standard InChI is InChI=1S/C10H10N4O2/c1-7-11-12-10(13(7)2)8-3-5-9(6-4-8)14(15)16/h3-6H,1-2H3. The number of benzene rings is 1. The number of rotatable bonds is 2. The van der Waals surface area contributed by atoms with E-state index in [2.05, 4.69) is 10.2 Å². The zero-order valence-electron chi connectivity index (χ0n) is 8.91. The lowest BCUT2D eigenvalue weighted by Crippen LogP contribution is -1.95. The molecular formula is C10H10N4O2. The second kappa shape index (κ2) is 3.73. The summed E-state index contributed by atoms with van der Waals surface area (Å²) in [4.78, 5) is 10.1. The summed E-state index contributed by atoms with van der Waals surface area (Å²) in [7, 11) is 1.85. The first-order chi connectivity index (χ1) is 7.59. The van der Waals surface area contributed by atoms with Crippen molar-refractivity contribution in [2.45, 2.75) is 6.92 Å². The summed E-state index contributed by atoms with van der Waals surface area (Å²) in [6.07, 6.45) is 0. The third-order valence-corrected chi connectivity index (χ3v) is 2.43. The number of non-ortho nitro benzene ring substituents is 1. The molecule has 0 fully saturated rings. The predicted octanol–water partition coefficient (Wildman–Crippen LogP) is 1.70. The molecule has 2 aromatic rings. The maximum absolute atomic E-state index is 10.5. The Bertz CT molecular complexity index is 530. The van der Waals surface area contributed by atoms with E-state index in [0.29, 0.717) is 5.82 Å². The number of aromatic nitrogens is 3. The van der Waals surface area contributed by atoms with Crippen molar-refractivity contribution in [1.82, 2.24) is 14.8 Å². The van der Waals surface area contributed by atoms with Crippen molar-refractivity contribution in [3.63, 3.8) is 0 Å². The minimum Gasteiger partial charge on any atom is -0.314 e. The van der Waals surface area contributed by atoms with Gasteiger partial charge in [0.15, 0.2) is 5.82 Å². The first-order valence-corrected chi connectivity index (χ1v) is 4.70. The van der Waals surface area contributed by atoms with Gasteiger partial charge in [0.1, 0.15) is 5.82 Å². The third kappa shape index (κ3) is 1.65. The van der Waals surface area contributed by atoms with Crippen LogP contribution in [0.4, 0.5) is 5.69 Å². The molecule has 6 heteroatoms. The quantitative estimate of drug-likeness (QED) is 0.568. The Balaban J connectivity index is 2.42. The van der Waals surface area contributed by atoms with Gasteiger partial charge in [0.2, 0.25) is 0 Å². The Morgan fingerprint density at radius 3 is 2.31 bits per heavy atom. The van der Waals surface area contributed by atoms with Gasteiger partial charge in [-0.25, -0.2) is 0 Å². The van der Waals surface area contributed by atoms with Crippen molar-refractivity contribution in [2.75, 3.05) is 0 Å². The minimum absolute atomic E-state index is 0.0719. The number of nitrogens with zero attached hydrogens (tertiary/aromatic N) is 4. The molecule has 0 unspecified atom stereocenters. The van der Waals surface area contributed by atoms with Gasteiger partial charge in [-0.15, -0.1) is 10.2 Å². The molecule has 0 aliphatic carbocycles. The molecule has 82 valence electrons. The van der Waals surface area contributed by atoms with E-state index in [0.717, 1.165) is 11.4 Å². The molecule has 0 amide bonds. The monoisotopic (exact) mass is 218 g/mol. The summed E-state index contributed by atoms with van der Waals surface area (Å²) >= 11 is 0. The molecule has 6 nitrogen and oxygen atoms in total. The SMILES string of the molecule is Cc1nnc(-c2ccc([N+](=O)[O-])cc2)n1C. The lowest BCUT2D eigenvalue weighted by Gasteiger charge is -2.00. The molecular weight excluding hydrogens is 208 g/mol. The van der Waals surface area contributed by atoms with Gasteiger partial charge in [-0.1, -0.05) is 0 Å². The van der Waals surface area contributed by atoms with Gasteiger partial charge in [0, 0.05) is 24.7 Å². The number of nitro groups is 1. The highest BCUT2D eigenvalue weighted by molar-refractivity contribution is 5.57. The van der Waals surface area contributed by atoms with Crippen LogP contribution in [0.5, 0.6) is 0 Å². The van der Waals surface area contributed by atoms with Crippen LogP contribution in [0.25, 0.3) is 11.4 Å². The number of hydrogen-bond donors (Lipinski definition) is 0. The summed E-state index contributed by atoms with van der Waals surface area (Å²) in [5.41, 5.74) is 0.886. The summed E-state index contributed by atoms with van der Waals surface area (Å²) in [6, 6.07) is 6.25. The van der Waals surface area contributed by atoms with Gasteiger partial charge in [-0.3, -0.25) is 10.1 Å². The fraction of sp³-hybridized carbons (Fsp3) is 0.200. The molecule has 0 atom stereocenters. The Labute approximate surface area is 91.7 Å². The fourth-order valence-corrected chi connectivity index (χ4v) is 1.39. The molecule has 0 radical (unpaired) electrons. The number of hydrogen-bond acceptors (Lipinski definition) is 4. The molecule has 0 aliphatic heterocycles. The first-order valence-electron chi connectivity index (χ1n) is 4.70. The Kier molecular flexibility index (Phi) is 2.40. The van der Waals surface area contributed by atoms with Crippen LogP contribution < -0.4 is 0 Å². The van der Waals surface area contributed by atoms with Gasteiger partial charge in [0.25, 0.3) is 5.69 Å². The van der Waals surface area contributed by atoms with Crippen molar-refractivity contribution in [3.8, 4) is 11.4 Å². The van der Waals surface area contributed by atoms with E-state index in [1.807, 2.05) is 18.5 Å². The summed E-state index contributed by atoms with van der Waals surface area (Å²) in [6.45, 7) is 1.85. The molecule has 0 aliphatic rings. The second-order valence-corrected chi connectivity index (χ2v) is 3.43. The third-order valence-electron chi connectivity index (χ3n) is 2.43. The Morgan fingerprint density at radius 1 is 1.25 bits per heavy atom. The van der Waals surface area contributed by atoms with Crippen molar-refractivity contribution < 1.29 is 4.92 Å². The van der Waals surface area contributed by atoms with E-state index in [-0.39, 0.29) is 5.69 Å². The van der Waals surface area contributed by atoms with Gasteiger partial charge in [-0.2, -0.15) is 0 Å². The lowest BCUT2D eigenvalue weighted by atomic mass is 10.2. The average molecular weight is 218 g/mol. The summed E-state index contributed by atoms with van der Waals surface area (Å²) < 4.78 is 1.83. The van der Waals surface area contributed by atoms with E-state index in [4.69, 9.17) is 0 Å². The highest BCUT2D eigenvalue weighted by Gasteiger charge is 2.09. The fourth-order valence-electron chi connectivity index (χ4n) is 1.39.